The number of hydrogen-bond acceptors (Lipinski definition) is 2. The summed E-state index contributed by atoms with van der Waals surface area (Å²) in [7, 11) is 0. The van der Waals surface area contributed by atoms with Crippen LogP contribution in [0.2, 0.25) is 0 Å². The maximum atomic E-state index is 12.7. The van der Waals surface area contributed by atoms with Crippen LogP contribution in [0.4, 0.5) is 13.2 Å². The summed E-state index contributed by atoms with van der Waals surface area (Å²) in [6, 6.07) is 5.92. The zero-order chi connectivity index (χ0) is 20.1. The molecule has 154 valence electrons. The van der Waals surface area contributed by atoms with Crippen LogP contribution in [-0.2, 0) is 22.3 Å². The van der Waals surface area contributed by atoms with E-state index in [0.717, 1.165) is 43.4 Å². The summed E-state index contributed by atoms with van der Waals surface area (Å²) < 4.78 is 44.2. The second kappa shape index (κ2) is 7.36. The SMILES string of the molecule is CC(C)[C@H]1CC2C[C@H](OCc3ccc(C(F)(F)F)cc3)C[C@H]3CCC(=O)N1C23. The number of rotatable bonds is 4. The topological polar surface area (TPSA) is 29.5 Å². The predicted molar refractivity (Wildman–Crippen MR) is 99.3 cm³/mol. The van der Waals surface area contributed by atoms with E-state index in [9.17, 15) is 18.0 Å². The van der Waals surface area contributed by atoms with Crippen molar-refractivity contribution in [1.29, 1.82) is 0 Å². The van der Waals surface area contributed by atoms with Crippen LogP contribution in [-0.4, -0.2) is 29.0 Å². The Morgan fingerprint density at radius 2 is 1.79 bits per heavy atom. The van der Waals surface area contributed by atoms with Crippen molar-refractivity contribution in [3.8, 4) is 0 Å². The molecule has 3 fully saturated rings. The average molecular weight is 395 g/mol. The Labute approximate surface area is 164 Å². The molecule has 1 saturated carbocycles. The summed E-state index contributed by atoms with van der Waals surface area (Å²) in [4.78, 5) is 14.7. The maximum Gasteiger partial charge on any atom is 0.416 e. The molecule has 4 rings (SSSR count). The molecule has 0 bridgehead atoms. The Bertz CT molecular complexity index is 715. The lowest BCUT2D eigenvalue weighted by atomic mass is 9.72. The molecule has 1 aliphatic carbocycles. The van der Waals surface area contributed by atoms with Crippen LogP contribution in [0, 0.1) is 17.8 Å². The van der Waals surface area contributed by atoms with Crippen molar-refractivity contribution in [3.63, 3.8) is 0 Å². The third kappa shape index (κ3) is 3.68. The van der Waals surface area contributed by atoms with Gasteiger partial charge in [-0.05, 0) is 61.1 Å². The molecule has 0 N–H and O–H groups in total. The first-order valence-corrected chi connectivity index (χ1v) is 10.3. The minimum absolute atomic E-state index is 0.120. The molecule has 0 aromatic heterocycles. The summed E-state index contributed by atoms with van der Waals surface area (Å²) in [5.74, 6) is 1.73. The van der Waals surface area contributed by atoms with E-state index in [2.05, 4.69) is 18.7 Å². The number of carbonyl (C=O) groups excluding carboxylic acids is 1. The molecule has 2 unspecified atom stereocenters. The van der Waals surface area contributed by atoms with E-state index in [1.807, 2.05) is 0 Å². The van der Waals surface area contributed by atoms with Gasteiger partial charge >= 0.3 is 6.18 Å². The highest BCUT2D eigenvalue weighted by atomic mass is 19.4. The van der Waals surface area contributed by atoms with Crippen LogP contribution in [0.25, 0.3) is 0 Å². The lowest BCUT2D eigenvalue weighted by Gasteiger charge is -2.46. The van der Waals surface area contributed by atoms with Gasteiger partial charge in [0.15, 0.2) is 0 Å². The molecule has 1 aromatic carbocycles. The number of nitrogens with zero attached hydrogens (tertiary/aromatic N) is 1. The third-order valence-corrected chi connectivity index (χ3v) is 6.87. The third-order valence-electron chi connectivity index (χ3n) is 6.87. The molecular formula is C22H28F3NO2. The number of amides is 1. The fraction of sp³-hybridized carbons (Fsp3) is 0.682. The van der Waals surface area contributed by atoms with Crippen molar-refractivity contribution < 1.29 is 22.7 Å². The maximum absolute atomic E-state index is 12.7. The van der Waals surface area contributed by atoms with Crippen LogP contribution in [0.3, 0.4) is 0 Å². The van der Waals surface area contributed by atoms with Crippen LogP contribution < -0.4 is 0 Å². The molecule has 1 amide bonds. The second-order valence-electron chi connectivity index (χ2n) is 9.00. The van der Waals surface area contributed by atoms with Crippen LogP contribution in [0.15, 0.2) is 24.3 Å². The fourth-order valence-electron chi connectivity index (χ4n) is 5.58. The lowest BCUT2D eigenvalue weighted by Crippen LogP contribution is -2.53. The normalized spacial score (nSPS) is 32.7. The van der Waals surface area contributed by atoms with Gasteiger partial charge in [-0.15, -0.1) is 0 Å². The van der Waals surface area contributed by atoms with Gasteiger partial charge in [0, 0.05) is 18.5 Å². The first kappa shape index (κ1) is 19.7. The van der Waals surface area contributed by atoms with Crippen molar-refractivity contribution >= 4 is 5.91 Å². The molecule has 2 saturated heterocycles. The van der Waals surface area contributed by atoms with Gasteiger partial charge in [-0.25, -0.2) is 0 Å². The van der Waals surface area contributed by atoms with E-state index in [-0.39, 0.29) is 6.10 Å². The Kier molecular flexibility index (Phi) is 5.19. The second-order valence-corrected chi connectivity index (χ2v) is 9.00. The Morgan fingerprint density at radius 3 is 2.43 bits per heavy atom. The number of hydrogen-bond donors (Lipinski definition) is 0. The Hall–Kier alpha value is -1.56. The minimum atomic E-state index is -4.31. The predicted octanol–water partition coefficient (Wildman–Crippen LogP) is 5.04. The first-order chi connectivity index (χ1) is 13.2. The van der Waals surface area contributed by atoms with Crippen LogP contribution >= 0.6 is 0 Å². The van der Waals surface area contributed by atoms with E-state index in [4.69, 9.17) is 4.74 Å². The monoisotopic (exact) mass is 395 g/mol. The van der Waals surface area contributed by atoms with Gasteiger partial charge in [-0.1, -0.05) is 26.0 Å². The van der Waals surface area contributed by atoms with Gasteiger partial charge < -0.3 is 9.64 Å². The number of piperidine rings is 1. The summed E-state index contributed by atoms with van der Waals surface area (Å²) in [5, 5.41) is 0. The van der Waals surface area contributed by atoms with E-state index in [1.165, 1.54) is 12.1 Å². The van der Waals surface area contributed by atoms with Crippen molar-refractivity contribution in [2.75, 3.05) is 0 Å². The molecule has 0 radical (unpaired) electrons. The Morgan fingerprint density at radius 1 is 1.11 bits per heavy atom. The summed E-state index contributed by atoms with van der Waals surface area (Å²) >= 11 is 0. The van der Waals surface area contributed by atoms with Gasteiger partial charge in [0.1, 0.15) is 0 Å². The zero-order valence-corrected chi connectivity index (χ0v) is 16.4. The van der Waals surface area contributed by atoms with E-state index in [0.29, 0.717) is 48.8 Å². The van der Waals surface area contributed by atoms with E-state index >= 15 is 0 Å². The summed E-state index contributed by atoms with van der Waals surface area (Å²) in [6.45, 7) is 4.72. The van der Waals surface area contributed by atoms with E-state index in [1.54, 1.807) is 0 Å². The summed E-state index contributed by atoms with van der Waals surface area (Å²) in [6.07, 6.45) is 0.298. The molecule has 2 heterocycles. The quantitative estimate of drug-likeness (QED) is 0.715. The van der Waals surface area contributed by atoms with E-state index < -0.39 is 11.7 Å². The average Bonchev–Trinajstić information content (AvgIpc) is 3.04. The molecular weight excluding hydrogens is 367 g/mol. The Balaban J connectivity index is 1.40. The number of benzene rings is 1. The van der Waals surface area contributed by atoms with Crippen molar-refractivity contribution in [1.82, 2.24) is 4.90 Å². The molecule has 28 heavy (non-hydrogen) atoms. The molecule has 1 aromatic rings. The first-order valence-electron chi connectivity index (χ1n) is 10.3. The zero-order valence-electron chi connectivity index (χ0n) is 16.4. The van der Waals surface area contributed by atoms with Gasteiger partial charge in [-0.3, -0.25) is 4.79 Å². The highest BCUT2D eigenvalue weighted by Crippen LogP contribution is 2.49. The van der Waals surface area contributed by atoms with Gasteiger partial charge in [0.25, 0.3) is 0 Å². The van der Waals surface area contributed by atoms with Crippen molar-refractivity contribution in [3.05, 3.63) is 35.4 Å². The smallest absolute Gasteiger partial charge is 0.374 e. The van der Waals surface area contributed by atoms with Gasteiger partial charge in [0.2, 0.25) is 5.91 Å². The molecule has 0 spiro atoms. The molecule has 6 heteroatoms. The van der Waals surface area contributed by atoms with Crippen LogP contribution in [0.5, 0.6) is 0 Å². The molecule has 5 atom stereocenters. The lowest BCUT2D eigenvalue weighted by molar-refractivity contribution is -0.144. The molecule has 3 nitrogen and oxygen atoms in total. The molecule has 2 aliphatic heterocycles. The van der Waals surface area contributed by atoms with Crippen molar-refractivity contribution in [2.45, 2.75) is 76.9 Å². The molecule has 3 aliphatic rings. The number of halogens is 3. The minimum Gasteiger partial charge on any atom is -0.374 e. The van der Waals surface area contributed by atoms with Crippen LogP contribution in [0.1, 0.15) is 57.1 Å². The summed E-state index contributed by atoms with van der Waals surface area (Å²) in [5.41, 5.74) is 0.136. The number of carbonyl (C=O) groups is 1. The highest BCUT2D eigenvalue weighted by Gasteiger charge is 2.53. The van der Waals surface area contributed by atoms with Gasteiger partial charge in [0.05, 0.1) is 18.3 Å². The van der Waals surface area contributed by atoms with Gasteiger partial charge in [-0.2, -0.15) is 13.2 Å². The fourth-order valence-corrected chi connectivity index (χ4v) is 5.58. The highest BCUT2D eigenvalue weighted by molar-refractivity contribution is 5.78. The standard InChI is InChI=1S/C22H28F3NO2/c1-13(2)19-11-16-10-18(9-15-5-8-20(27)26(19)21(15)16)28-12-14-3-6-17(7-4-14)22(23,24)25/h3-4,6-7,13,15-16,18-19,21H,5,8-12H2,1-2H3/t15-,16?,18-,19-,21?/m1/s1. The number of alkyl halides is 3. The van der Waals surface area contributed by atoms with Crippen molar-refractivity contribution in [2.24, 2.45) is 17.8 Å². The number of ether oxygens (including phenoxy) is 1. The largest absolute Gasteiger partial charge is 0.416 e.